The average Bonchev–Trinajstić information content (AvgIpc) is 3.18. The third-order valence-corrected chi connectivity index (χ3v) is 6.88. The molecule has 0 saturated carbocycles. The molecule has 0 fully saturated rings. The van der Waals surface area contributed by atoms with Gasteiger partial charge in [0.2, 0.25) is 5.90 Å². The van der Waals surface area contributed by atoms with Crippen LogP contribution in [0.4, 0.5) is 5.69 Å². The number of carbonyl (C=O) groups excluding carboxylic acids is 1. The van der Waals surface area contributed by atoms with Crippen LogP contribution in [0.25, 0.3) is 6.08 Å². The number of halogens is 2. The average molecular weight is 694 g/mol. The lowest BCUT2D eigenvalue weighted by atomic mass is 10.0. The second-order valence-electron chi connectivity index (χ2n) is 8.14. The van der Waals surface area contributed by atoms with Gasteiger partial charge in [-0.1, -0.05) is 38.1 Å². The first-order valence-corrected chi connectivity index (χ1v) is 12.8. The van der Waals surface area contributed by atoms with Crippen LogP contribution in [0.2, 0.25) is 0 Å². The molecule has 7 nitrogen and oxygen atoms in total. The largest absolute Gasteiger partial charge is 0.487 e. The maximum Gasteiger partial charge on any atom is 0.363 e. The maximum atomic E-state index is 12.4. The van der Waals surface area contributed by atoms with Crippen LogP contribution in [0.1, 0.15) is 42.0 Å². The second kappa shape index (κ2) is 10.9. The summed E-state index contributed by atoms with van der Waals surface area (Å²) in [7, 11) is 0. The minimum atomic E-state index is -0.496. The molecule has 0 spiro atoms. The Labute approximate surface area is 229 Å². The van der Waals surface area contributed by atoms with Crippen LogP contribution in [-0.4, -0.2) is 16.8 Å². The molecule has 1 aliphatic rings. The lowest BCUT2D eigenvalue weighted by Crippen LogP contribution is -2.05. The number of hydrogen-bond acceptors (Lipinski definition) is 6. The molecule has 4 rings (SSSR count). The Hall–Kier alpha value is -2.80. The smallest absolute Gasteiger partial charge is 0.363 e. The zero-order valence-electron chi connectivity index (χ0n) is 18.8. The van der Waals surface area contributed by atoms with E-state index in [0.29, 0.717) is 17.2 Å². The number of nitrogens with zero attached hydrogens (tertiary/aromatic N) is 2. The highest BCUT2D eigenvalue weighted by atomic mass is 127. The number of cyclic esters (lactones) is 1. The summed E-state index contributed by atoms with van der Waals surface area (Å²) in [4.78, 5) is 27.4. The topological polar surface area (TPSA) is 91.0 Å². The number of esters is 1. The van der Waals surface area contributed by atoms with Crippen LogP contribution in [0.3, 0.4) is 0 Å². The lowest BCUT2D eigenvalue weighted by molar-refractivity contribution is -0.384. The highest BCUT2D eigenvalue weighted by Gasteiger charge is 2.24. The van der Waals surface area contributed by atoms with Crippen LogP contribution >= 0.6 is 45.2 Å². The first kappa shape index (κ1) is 25.3. The summed E-state index contributed by atoms with van der Waals surface area (Å²) >= 11 is 4.33. The van der Waals surface area contributed by atoms with Crippen LogP contribution in [0, 0.1) is 17.3 Å². The van der Waals surface area contributed by atoms with Crippen molar-refractivity contribution < 1.29 is 19.2 Å². The van der Waals surface area contributed by atoms with E-state index in [2.05, 4.69) is 64.0 Å². The van der Waals surface area contributed by atoms with Crippen molar-refractivity contribution in [3.8, 4) is 5.75 Å². The molecule has 0 saturated heterocycles. The fourth-order valence-electron chi connectivity index (χ4n) is 3.42. The Morgan fingerprint density at radius 2 is 1.77 bits per heavy atom. The zero-order valence-corrected chi connectivity index (χ0v) is 23.1. The number of rotatable bonds is 7. The van der Waals surface area contributed by atoms with E-state index in [1.165, 1.54) is 17.7 Å². The summed E-state index contributed by atoms with van der Waals surface area (Å²) in [6, 6.07) is 18.0. The normalized spacial score (nSPS) is 14.3. The Balaban J connectivity index is 1.52. The Kier molecular flexibility index (Phi) is 7.85. The Morgan fingerprint density at radius 1 is 1.09 bits per heavy atom. The SMILES string of the molecule is CC(C)c1ccc(C2=N/C(=C\c3cc(I)c(OCc4cccc([N+](=O)[O-])c4)c(I)c3)C(=O)O2)cc1. The number of non-ortho nitro benzene ring substituents is 1. The Bertz CT molecular complexity index is 1340. The van der Waals surface area contributed by atoms with Gasteiger partial charge in [-0.2, -0.15) is 0 Å². The molecule has 0 unspecified atom stereocenters. The summed E-state index contributed by atoms with van der Waals surface area (Å²) in [6.07, 6.45) is 1.69. The number of hydrogen-bond donors (Lipinski definition) is 0. The van der Waals surface area contributed by atoms with Gasteiger partial charge in [0, 0.05) is 17.7 Å². The number of benzene rings is 3. The van der Waals surface area contributed by atoms with Gasteiger partial charge < -0.3 is 9.47 Å². The molecule has 0 bridgehead atoms. The van der Waals surface area contributed by atoms with E-state index >= 15 is 0 Å². The van der Waals surface area contributed by atoms with Crippen molar-refractivity contribution in [1.29, 1.82) is 0 Å². The molecule has 0 radical (unpaired) electrons. The van der Waals surface area contributed by atoms with E-state index in [4.69, 9.17) is 9.47 Å². The molecule has 0 N–H and O–H groups in total. The maximum absolute atomic E-state index is 12.4. The van der Waals surface area contributed by atoms with Crippen molar-refractivity contribution >= 4 is 68.8 Å². The van der Waals surface area contributed by atoms with Gasteiger partial charge in [-0.3, -0.25) is 10.1 Å². The van der Waals surface area contributed by atoms with Gasteiger partial charge in [0.15, 0.2) is 5.70 Å². The number of carbonyl (C=O) groups is 1. The summed E-state index contributed by atoms with van der Waals surface area (Å²) in [6.45, 7) is 4.44. The molecule has 35 heavy (non-hydrogen) atoms. The van der Waals surface area contributed by atoms with Crippen molar-refractivity contribution in [3.63, 3.8) is 0 Å². The highest BCUT2D eigenvalue weighted by molar-refractivity contribution is 14.1. The first-order chi connectivity index (χ1) is 16.7. The van der Waals surface area contributed by atoms with Gasteiger partial charge >= 0.3 is 5.97 Å². The summed E-state index contributed by atoms with van der Waals surface area (Å²) in [5, 5.41) is 11.0. The quantitative estimate of drug-likeness (QED) is 0.0888. The van der Waals surface area contributed by atoms with Gasteiger partial charge in [0.1, 0.15) is 12.4 Å². The molecule has 0 aromatic heterocycles. The summed E-state index contributed by atoms with van der Waals surface area (Å²) in [5.74, 6) is 0.876. The molecule has 1 heterocycles. The molecule has 3 aromatic rings. The summed E-state index contributed by atoms with van der Waals surface area (Å²) < 4.78 is 13.0. The van der Waals surface area contributed by atoms with Gasteiger partial charge in [-0.05, 0) is 98.1 Å². The third-order valence-electron chi connectivity index (χ3n) is 5.27. The molecule has 9 heteroatoms. The predicted molar refractivity (Wildman–Crippen MR) is 150 cm³/mol. The number of nitro benzene ring substituents is 1. The number of nitro groups is 1. The standard InChI is InChI=1S/C26H20I2N2O5/c1-15(2)18-6-8-19(9-7-18)25-29-23(26(31)35-25)13-17-11-21(27)24(22(28)12-17)34-14-16-4-3-5-20(10-16)30(32)33/h3-13,15H,14H2,1-2H3/b23-13-. The minimum Gasteiger partial charge on any atom is -0.487 e. The van der Waals surface area contributed by atoms with Crippen LogP contribution in [0.5, 0.6) is 5.75 Å². The molecule has 3 aromatic carbocycles. The van der Waals surface area contributed by atoms with Crippen molar-refractivity contribution in [3.05, 3.63) is 106 Å². The van der Waals surface area contributed by atoms with E-state index < -0.39 is 10.9 Å². The number of aliphatic imine (C=N–C) groups is 1. The second-order valence-corrected chi connectivity index (χ2v) is 10.5. The van der Waals surface area contributed by atoms with Crippen molar-refractivity contribution in [2.24, 2.45) is 4.99 Å². The first-order valence-electron chi connectivity index (χ1n) is 10.7. The van der Waals surface area contributed by atoms with E-state index in [1.54, 1.807) is 18.2 Å². The number of ether oxygens (including phenoxy) is 2. The van der Waals surface area contributed by atoms with E-state index in [1.807, 2.05) is 36.4 Å². The molecule has 178 valence electrons. The molecule has 0 atom stereocenters. The fraction of sp³-hybridized carbons (Fsp3) is 0.154. The molecule has 0 amide bonds. The van der Waals surface area contributed by atoms with Gasteiger partial charge in [0.05, 0.1) is 12.1 Å². The predicted octanol–water partition coefficient (Wildman–Crippen LogP) is 6.85. The molecule has 0 aliphatic carbocycles. The van der Waals surface area contributed by atoms with Crippen LogP contribution < -0.4 is 4.74 Å². The highest BCUT2D eigenvalue weighted by Crippen LogP contribution is 2.31. The van der Waals surface area contributed by atoms with Crippen LogP contribution in [-0.2, 0) is 16.1 Å². The fourth-order valence-corrected chi connectivity index (χ4v) is 5.54. The van der Waals surface area contributed by atoms with Gasteiger partial charge in [0.25, 0.3) is 5.69 Å². The monoisotopic (exact) mass is 694 g/mol. The Morgan fingerprint density at radius 3 is 2.40 bits per heavy atom. The lowest BCUT2D eigenvalue weighted by Gasteiger charge is -2.11. The van der Waals surface area contributed by atoms with Crippen molar-refractivity contribution in [1.82, 2.24) is 0 Å². The zero-order chi connectivity index (χ0) is 25.1. The third kappa shape index (κ3) is 6.07. The van der Waals surface area contributed by atoms with E-state index in [-0.39, 0.29) is 23.9 Å². The van der Waals surface area contributed by atoms with Gasteiger partial charge in [-0.25, -0.2) is 9.79 Å². The van der Waals surface area contributed by atoms with E-state index in [9.17, 15) is 14.9 Å². The van der Waals surface area contributed by atoms with Gasteiger partial charge in [-0.15, -0.1) is 0 Å². The van der Waals surface area contributed by atoms with E-state index in [0.717, 1.165) is 18.3 Å². The molecular formula is C26H20I2N2O5. The van der Waals surface area contributed by atoms with Crippen molar-refractivity contribution in [2.75, 3.05) is 0 Å². The molecule has 1 aliphatic heterocycles. The van der Waals surface area contributed by atoms with Crippen LogP contribution in [0.15, 0.2) is 71.4 Å². The van der Waals surface area contributed by atoms with Crippen molar-refractivity contribution in [2.45, 2.75) is 26.4 Å². The summed E-state index contributed by atoms with van der Waals surface area (Å²) in [5.41, 5.74) is 3.69. The minimum absolute atomic E-state index is 0.0247. The molecular weight excluding hydrogens is 674 g/mol.